The molecule has 0 spiro atoms. The van der Waals surface area contributed by atoms with Crippen LogP contribution in [0.15, 0.2) is 29.2 Å². The molecule has 0 aliphatic rings. The summed E-state index contributed by atoms with van der Waals surface area (Å²) in [5.41, 5.74) is 0. The van der Waals surface area contributed by atoms with E-state index in [2.05, 4.69) is 27.2 Å². The van der Waals surface area contributed by atoms with Crippen molar-refractivity contribution in [3.05, 3.63) is 29.3 Å². The maximum Gasteiger partial charge on any atom is 0.244 e. The molecule has 27 heavy (non-hydrogen) atoms. The van der Waals surface area contributed by atoms with Gasteiger partial charge in [-0.05, 0) is 37.6 Å². The van der Waals surface area contributed by atoms with Crippen molar-refractivity contribution in [1.82, 2.24) is 14.9 Å². The zero-order valence-electron chi connectivity index (χ0n) is 15.6. The number of rotatable bonds is 10. The van der Waals surface area contributed by atoms with Crippen LogP contribution in [0.25, 0.3) is 0 Å². The fraction of sp³-hybridized carbons (Fsp3) is 0.471. The monoisotopic (exact) mass is 412 g/mol. The van der Waals surface area contributed by atoms with Gasteiger partial charge in [0.1, 0.15) is 10.8 Å². The Labute approximate surface area is 163 Å². The van der Waals surface area contributed by atoms with Gasteiger partial charge in [-0.1, -0.05) is 31.1 Å². The topological polar surface area (TPSA) is 110 Å². The highest BCUT2D eigenvalue weighted by Crippen LogP contribution is 2.18. The first-order chi connectivity index (χ1) is 12.9. The molecule has 2 aromatic rings. The second-order valence-corrected chi connectivity index (χ2v) is 8.74. The van der Waals surface area contributed by atoms with Crippen LogP contribution in [0, 0.1) is 0 Å². The zero-order chi connectivity index (χ0) is 19.9. The summed E-state index contributed by atoms with van der Waals surface area (Å²) < 4.78 is 32.1. The minimum Gasteiger partial charge on any atom is -0.497 e. The number of benzene rings is 1. The first-order valence-corrected chi connectivity index (χ1v) is 10.9. The minimum atomic E-state index is -3.83. The van der Waals surface area contributed by atoms with E-state index in [9.17, 15) is 13.2 Å². The Morgan fingerprint density at radius 2 is 1.93 bits per heavy atom. The lowest BCUT2D eigenvalue weighted by atomic mass is 10.2. The van der Waals surface area contributed by atoms with E-state index in [-0.39, 0.29) is 4.90 Å². The molecule has 0 saturated carbocycles. The number of hydrogen-bond donors (Lipinski definition) is 2. The Morgan fingerprint density at radius 3 is 2.56 bits per heavy atom. The van der Waals surface area contributed by atoms with Crippen LogP contribution in [0.1, 0.15) is 38.1 Å². The van der Waals surface area contributed by atoms with Gasteiger partial charge in [0.15, 0.2) is 0 Å². The number of hydrogen-bond acceptors (Lipinski definition) is 7. The van der Waals surface area contributed by atoms with E-state index in [1.165, 1.54) is 37.5 Å². The van der Waals surface area contributed by atoms with Gasteiger partial charge in [-0.2, -0.15) is 4.72 Å². The fourth-order valence-electron chi connectivity index (χ4n) is 2.25. The standard InChI is InChI=1S/C17H24N4O4S2/c1-4-5-6-7-15-19-20-17(26-15)18-16(22)12(2)21-27(23,24)14-10-8-13(25-3)9-11-14/h8-12,21H,4-7H2,1-3H3,(H,18,20,22)/t12-/m0/s1. The molecular formula is C17H24N4O4S2. The van der Waals surface area contributed by atoms with E-state index >= 15 is 0 Å². The number of aromatic nitrogens is 2. The van der Waals surface area contributed by atoms with Crippen LogP contribution in [0.3, 0.4) is 0 Å². The van der Waals surface area contributed by atoms with Crippen LogP contribution in [0.2, 0.25) is 0 Å². The Morgan fingerprint density at radius 1 is 1.22 bits per heavy atom. The maximum absolute atomic E-state index is 12.4. The quantitative estimate of drug-likeness (QED) is 0.580. The number of sulfonamides is 1. The Hall–Kier alpha value is -2.04. The molecule has 10 heteroatoms. The molecular weight excluding hydrogens is 388 g/mol. The number of unbranched alkanes of at least 4 members (excludes halogenated alkanes) is 2. The van der Waals surface area contributed by atoms with Gasteiger partial charge in [-0.25, -0.2) is 8.42 Å². The number of nitrogens with one attached hydrogen (secondary N) is 2. The summed E-state index contributed by atoms with van der Waals surface area (Å²) >= 11 is 1.30. The summed E-state index contributed by atoms with van der Waals surface area (Å²) in [6, 6.07) is 4.95. The molecule has 0 aliphatic carbocycles. The summed E-state index contributed by atoms with van der Waals surface area (Å²) in [6.45, 7) is 3.60. The lowest BCUT2D eigenvalue weighted by molar-refractivity contribution is -0.117. The van der Waals surface area contributed by atoms with Crippen LogP contribution in [0.5, 0.6) is 5.75 Å². The van der Waals surface area contributed by atoms with Gasteiger partial charge in [0.2, 0.25) is 21.1 Å². The van der Waals surface area contributed by atoms with Gasteiger partial charge >= 0.3 is 0 Å². The number of anilines is 1. The van der Waals surface area contributed by atoms with Crippen LogP contribution in [-0.2, 0) is 21.2 Å². The summed E-state index contributed by atoms with van der Waals surface area (Å²) in [6.07, 6.45) is 4.08. The second kappa shape index (κ2) is 9.77. The van der Waals surface area contributed by atoms with Gasteiger partial charge in [-0.15, -0.1) is 10.2 Å². The molecule has 0 bridgehead atoms. The minimum absolute atomic E-state index is 0.0528. The average Bonchev–Trinajstić information content (AvgIpc) is 3.09. The summed E-state index contributed by atoms with van der Waals surface area (Å²) in [5.74, 6) is 0.0501. The van der Waals surface area contributed by atoms with Crippen LogP contribution in [0.4, 0.5) is 5.13 Å². The van der Waals surface area contributed by atoms with Crippen molar-refractivity contribution in [3.63, 3.8) is 0 Å². The van der Waals surface area contributed by atoms with E-state index in [0.717, 1.165) is 30.7 Å². The Kier molecular flexibility index (Phi) is 7.69. The smallest absolute Gasteiger partial charge is 0.244 e. The molecule has 1 atom stereocenters. The third kappa shape index (κ3) is 6.26. The summed E-state index contributed by atoms with van der Waals surface area (Å²) in [4.78, 5) is 12.3. The number of nitrogens with zero attached hydrogens (tertiary/aromatic N) is 2. The number of methoxy groups -OCH3 is 1. The highest BCUT2D eigenvalue weighted by Gasteiger charge is 2.23. The van der Waals surface area contributed by atoms with Crippen molar-refractivity contribution in [3.8, 4) is 5.75 Å². The molecule has 1 aromatic carbocycles. The van der Waals surface area contributed by atoms with Crippen molar-refractivity contribution in [2.24, 2.45) is 0 Å². The molecule has 0 saturated heterocycles. The molecule has 2 N–H and O–H groups in total. The number of carbonyl (C=O) groups excluding carboxylic acids is 1. The van der Waals surface area contributed by atoms with Crippen molar-refractivity contribution in [2.75, 3.05) is 12.4 Å². The zero-order valence-corrected chi connectivity index (χ0v) is 17.2. The average molecular weight is 413 g/mol. The Balaban J connectivity index is 1.94. The molecule has 1 heterocycles. The van der Waals surface area contributed by atoms with Gasteiger partial charge < -0.3 is 4.74 Å². The van der Waals surface area contributed by atoms with Gasteiger partial charge in [0, 0.05) is 6.42 Å². The molecule has 0 unspecified atom stereocenters. The van der Waals surface area contributed by atoms with Crippen LogP contribution >= 0.6 is 11.3 Å². The number of carbonyl (C=O) groups is 1. The van der Waals surface area contributed by atoms with Crippen molar-refractivity contribution >= 4 is 32.4 Å². The molecule has 8 nitrogen and oxygen atoms in total. The molecule has 1 aromatic heterocycles. The van der Waals surface area contributed by atoms with Crippen LogP contribution < -0.4 is 14.8 Å². The van der Waals surface area contributed by atoms with Gasteiger partial charge in [0.25, 0.3) is 0 Å². The normalized spacial score (nSPS) is 12.6. The number of ether oxygens (including phenoxy) is 1. The van der Waals surface area contributed by atoms with E-state index in [1.807, 2.05) is 0 Å². The van der Waals surface area contributed by atoms with E-state index < -0.39 is 22.0 Å². The third-order valence-electron chi connectivity index (χ3n) is 3.79. The molecule has 2 rings (SSSR count). The predicted octanol–water partition coefficient (Wildman–Crippen LogP) is 2.58. The Bertz CT molecular complexity index is 850. The lowest BCUT2D eigenvalue weighted by Crippen LogP contribution is -2.41. The van der Waals surface area contributed by atoms with E-state index in [4.69, 9.17) is 4.74 Å². The molecule has 0 fully saturated rings. The largest absolute Gasteiger partial charge is 0.497 e. The first-order valence-electron chi connectivity index (χ1n) is 8.65. The van der Waals surface area contributed by atoms with Gasteiger partial charge in [-0.3, -0.25) is 10.1 Å². The summed E-state index contributed by atoms with van der Waals surface area (Å²) in [7, 11) is -2.33. The molecule has 148 valence electrons. The maximum atomic E-state index is 12.4. The number of aryl methyl sites for hydroxylation is 1. The highest BCUT2D eigenvalue weighted by molar-refractivity contribution is 7.89. The van der Waals surface area contributed by atoms with Crippen molar-refractivity contribution in [2.45, 2.75) is 50.5 Å². The molecule has 0 radical (unpaired) electrons. The third-order valence-corrected chi connectivity index (χ3v) is 6.24. The summed E-state index contributed by atoms with van der Waals surface area (Å²) in [5, 5.41) is 11.8. The second-order valence-electron chi connectivity index (χ2n) is 5.97. The van der Waals surface area contributed by atoms with Crippen LogP contribution in [-0.4, -0.2) is 37.7 Å². The van der Waals surface area contributed by atoms with E-state index in [1.54, 1.807) is 12.1 Å². The fourth-order valence-corrected chi connectivity index (χ4v) is 4.24. The molecule has 0 aliphatic heterocycles. The lowest BCUT2D eigenvalue weighted by Gasteiger charge is -2.13. The SMILES string of the molecule is CCCCCc1nnc(NC(=O)[C@H](C)NS(=O)(=O)c2ccc(OC)cc2)s1. The van der Waals surface area contributed by atoms with Gasteiger partial charge in [0.05, 0.1) is 18.0 Å². The van der Waals surface area contributed by atoms with Crippen molar-refractivity contribution < 1.29 is 17.9 Å². The highest BCUT2D eigenvalue weighted by atomic mass is 32.2. The van der Waals surface area contributed by atoms with Crippen molar-refractivity contribution in [1.29, 1.82) is 0 Å². The predicted molar refractivity (Wildman–Crippen MR) is 105 cm³/mol. The number of amides is 1. The molecule has 1 amide bonds. The first kappa shape index (κ1) is 21.3. The van der Waals surface area contributed by atoms with E-state index in [0.29, 0.717) is 10.9 Å².